The molecule has 1 heterocycles. The lowest BCUT2D eigenvalue weighted by Gasteiger charge is -2.08. The molecule has 0 aliphatic carbocycles. The van der Waals surface area contributed by atoms with E-state index >= 15 is 0 Å². The predicted molar refractivity (Wildman–Crippen MR) is 57.0 cm³/mol. The molecule has 1 aliphatic heterocycles. The molecule has 0 N–H and O–H groups in total. The number of esters is 1. The summed E-state index contributed by atoms with van der Waals surface area (Å²) in [6.45, 7) is 6.39. The smallest absolute Gasteiger partial charge is 0.309 e. The quantitative estimate of drug-likeness (QED) is 0.501. The summed E-state index contributed by atoms with van der Waals surface area (Å²) in [5, 5.41) is 0. The minimum atomic E-state index is 0.0292. The molecular weight excluding hydrogens is 176 g/mol. The molecule has 0 aromatic carbocycles. The van der Waals surface area contributed by atoms with Gasteiger partial charge in [0.25, 0.3) is 0 Å². The minimum absolute atomic E-state index is 0.0292. The van der Waals surface area contributed by atoms with E-state index in [4.69, 9.17) is 4.74 Å². The van der Waals surface area contributed by atoms with Crippen LogP contribution in [0.4, 0.5) is 0 Å². The molecule has 82 valence electrons. The van der Waals surface area contributed by atoms with E-state index in [1.54, 1.807) is 0 Å². The SMILES string of the molecule is CCCCCC1CC(C(C)C)C(=O)O1. The summed E-state index contributed by atoms with van der Waals surface area (Å²) >= 11 is 0. The van der Waals surface area contributed by atoms with Crippen LogP contribution in [0, 0.1) is 11.8 Å². The van der Waals surface area contributed by atoms with Crippen LogP contribution in [0.15, 0.2) is 0 Å². The molecule has 0 saturated carbocycles. The molecule has 0 bridgehead atoms. The maximum atomic E-state index is 11.4. The molecule has 2 unspecified atom stereocenters. The van der Waals surface area contributed by atoms with Gasteiger partial charge in [-0.15, -0.1) is 0 Å². The third-order valence-corrected chi connectivity index (χ3v) is 3.04. The number of hydrogen-bond donors (Lipinski definition) is 0. The molecule has 1 rings (SSSR count). The molecule has 2 nitrogen and oxygen atoms in total. The fourth-order valence-corrected chi connectivity index (χ4v) is 2.02. The Morgan fingerprint density at radius 1 is 1.43 bits per heavy atom. The molecule has 0 radical (unpaired) electrons. The first-order valence-corrected chi connectivity index (χ1v) is 5.85. The first-order chi connectivity index (χ1) is 6.65. The van der Waals surface area contributed by atoms with Gasteiger partial charge in [-0.1, -0.05) is 33.6 Å². The average molecular weight is 198 g/mol. The van der Waals surface area contributed by atoms with Crippen LogP contribution >= 0.6 is 0 Å². The number of carbonyl (C=O) groups is 1. The van der Waals surface area contributed by atoms with Crippen molar-refractivity contribution in [1.29, 1.82) is 0 Å². The Morgan fingerprint density at radius 2 is 2.14 bits per heavy atom. The van der Waals surface area contributed by atoms with Gasteiger partial charge in [0.2, 0.25) is 0 Å². The molecule has 0 aromatic heterocycles. The van der Waals surface area contributed by atoms with Crippen molar-refractivity contribution in [3.8, 4) is 0 Å². The van der Waals surface area contributed by atoms with E-state index in [1.165, 1.54) is 19.3 Å². The van der Waals surface area contributed by atoms with Crippen molar-refractivity contribution < 1.29 is 9.53 Å². The highest BCUT2D eigenvalue weighted by Gasteiger charge is 2.35. The Hall–Kier alpha value is -0.530. The maximum Gasteiger partial charge on any atom is 0.309 e. The van der Waals surface area contributed by atoms with Crippen LogP contribution < -0.4 is 0 Å². The highest BCUT2D eigenvalue weighted by molar-refractivity contribution is 5.74. The van der Waals surface area contributed by atoms with Gasteiger partial charge in [0.1, 0.15) is 6.10 Å². The number of carbonyl (C=O) groups excluding carboxylic acids is 1. The van der Waals surface area contributed by atoms with Crippen LogP contribution in [0.5, 0.6) is 0 Å². The zero-order valence-electron chi connectivity index (χ0n) is 9.58. The largest absolute Gasteiger partial charge is 0.462 e. The number of rotatable bonds is 5. The highest BCUT2D eigenvalue weighted by atomic mass is 16.5. The molecule has 0 aromatic rings. The zero-order valence-corrected chi connectivity index (χ0v) is 9.58. The summed E-state index contributed by atoms with van der Waals surface area (Å²) in [6, 6.07) is 0. The summed E-state index contributed by atoms with van der Waals surface area (Å²) in [7, 11) is 0. The van der Waals surface area contributed by atoms with E-state index in [1.807, 2.05) is 0 Å². The van der Waals surface area contributed by atoms with Gasteiger partial charge in [-0.3, -0.25) is 4.79 Å². The monoisotopic (exact) mass is 198 g/mol. The number of unbranched alkanes of at least 4 members (excludes halogenated alkanes) is 2. The van der Waals surface area contributed by atoms with Gasteiger partial charge in [-0.05, 0) is 25.2 Å². The third kappa shape index (κ3) is 3.00. The van der Waals surface area contributed by atoms with Crippen LogP contribution in [-0.2, 0) is 9.53 Å². The molecule has 1 aliphatic rings. The minimum Gasteiger partial charge on any atom is -0.462 e. The van der Waals surface area contributed by atoms with Crippen molar-refractivity contribution in [2.24, 2.45) is 11.8 Å². The molecule has 2 heteroatoms. The fourth-order valence-electron chi connectivity index (χ4n) is 2.02. The van der Waals surface area contributed by atoms with Crippen molar-refractivity contribution >= 4 is 5.97 Å². The van der Waals surface area contributed by atoms with Gasteiger partial charge in [-0.2, -0.15) is 0 Å². The summed E-state index contributed by atoms with van der Waals surface area (Å²) in [4.78, 5) is 11.4. The maximum absolute atomic E-state index is 11.4. The van der Waals surface area contributed by atoms with Crippen LogP contribution in [0.25, 0.3) is 0 Å². The molecule has 2 atom stereocenters. The molecule has 14 heavy (non-hydrogen) atoms. The number of ether oxygens (including phenoxy) is 1. The lowest BCUT2D eigenvalue weighted by Crippen LogP contribution is -2.13. The van der Waals surface area contributed by atoms with Gasteiger partial charge >= 0.3 is 5.97 Å². The van der Waals surface area contributed by atoms with E-state index in [0.717, 1.165) is 12.8 Å². The second-order valence-electron chi connectivity index (χ2n) is 4.64. The van der Waals surface area contributed by atoms with Crippen LogP contribution in [0.1, 0.15) is 52.9 Å². The van der Waals surface area contributed by atoms with E-state index < -0.39 is 0 Å². The predicted octanol–water partition coefficient (Wildman–Crippen LogP) is 3.15. The Kier molecular flexibility index (Phi) is 4.43. The van der Waals surface area contributed by atoms with Gasteiger partial charge < -0.3 is 4.74 Å². The normalized spacial score (nSPS) is 27.0. The summed E-state index contributed by atoms with van der Waals surface area (Å²) < 4.78 is 5.34. The summed E-state index contributed by atoms with van der Waals surface area (Å²) in [5.41, 5.74) is 0. The summed E-state index contributed by atoms with van der Waals surface area (Å²) in [6.07, 6.45) is 5.89. The standard InChI is InChI=1S/C12H22O2/c1-4-5-6-7-10-8-11(9(2)3)12(13)14-10/h9-11H,4-8H2,1-3H3. The second kappa shape index (κ2) is 5.38. The topological polar surface area (TPSA) is 26.3 Å². The van der Waals surface area contributed by atoms with Crippen molar-refractivity contribution in [3.05, 3.63) is 0 Å². The van der Waals surface area contributed by atoms with E-state index in [0.29, 0.717) is 5.92 Å². The van der Waals surface area contributed by atoms with Crippen LogP contribution in [0.3, 0.4) is 0 Å². The van der Waals surface area contributed by atoms with Crippen molar-refractivity contribution in [2.75, 3.05) is 0 Å². The molecular formula is C12H22O2. The number of cyclic esters (lactones) is 1. The first-order valence-electron chi connectivity index (χ1n) is 5.85. The van der Waals surface area contributed by atoms with Crippen molar-refractivity contribution in [1.82, 2.24) is 0 Å². The number of hydrogen-bond acceptors (Lipinski definition) is 2. The van der Waals surface area contributed by atoms with Gasteiger partial charge in [0.15, 0.2) is 0 Å². The lowest BCUT2D eigenvalue weighted by molar-refractivity contribution is -0.145. The summed E-state index contributed by atoms with van der Waals surface area (Å²) in [5.74, 6) is 0.613. The molecule has 1 saturated heterocycles. The molecule has 1 fully saturated rings. The van der Waals surface area contributed by atoms with Crippen molar-refractivity contribution in [3.63, 3.8) is 0 Å². The van der Waals surface area contributed by atoms with Gasteiger partial charge in [0.05, 0.1) is 5.92 Å². The van der Waals surface area contributed by atoms with Gasteiger partial charge in [-0.25, -0.2) is 0 Å². The van der Waals surface area contributed by atoms with E-state index in [2.05, 4.69) is 20.8 Å². The Bertz CT molecular complexity index is 187. The lowest BCUT2D eigenvalue weighted by atomic mass is 9.91. The van der Waals surface area contributed by atoms with E-state index in [9.17, 15) is 4.79 Å². The van der Waals surface area contributed by atoms with Crippen molar-refractivity contribution in [2.45, 2.75) is 59.0 Å². The fraction of sp³-hybridized carbons (Fsp3) is 0.917. The third-order valence-electron chi connectivity index (χ3n) is 3.04. The van der Waals surface area contributed by atoms with E-state index in [-0.39, 0.29) is 18.0 Å². The van der Waals surface area contributed by atoms with Gasteiger partial charge in [0, 0.05) is 0 Å². The molecule has 0 spiro atoms. The Labute approximate surface area is 87.0 Å². The molecule has 0 amide bonds. The van der Waals surface area contributed by atoms with Crippen LogP contribution in [0.2, 0.25) is 0 Å². The Morgan fingerprint density at radius 3 is 2.64 bits per heavy atom. The van der Waals surface area contributed by atoms with Crippen LogP contribution in [-0.4, -0.2) is 12.1 Å². The Balaban J connectivity index is 2.28. The zero-order chi connectivity index (χ0) is 10.6. The average Bonchev–Trinajstić information content (AvgIpc) is 2.47. The second-order valence-corrected chi connectivity index (χ2v) is 4.64. The highest BCUT2D eigenvalue weighted by Crippen LogP contribution is 2.29. The first kappa shape index (κ1) is 11.5.